The van der Waals surface area contributed by atoms with E-state index in [4.69, 9.17) is 0 Å². The first kappa shape index (κ1) is 9.14. The van der Waals surface area contributed by atoms with Crippen molar-refractivity contribution < 1.29 is 9.53 Å². The second-order valence-corrected chi connectivity index (χ2v) is 3.98. The number of rotatable bonds is 2. The molecule has 0 aliphatic rings. The average Bonchev–Trinajstić information content (AvgIpc) is 2.67. The van der Waals surface area contributed by atoms with E-state index >= 15 is 0 Å². The lowest BCUT2D eigenvalue weighted by Crippen LogP contribution is -2.06. The molecule has 0 saturated heterocycles. The number of carbonyl (C=O) groups excluding carboxylic acids is 1. The van der Waals surface area contributed by atoms with Crippen molar-refractivity contribution in [2.24, 2.45) is 0 Å². The van der Waals surface area contributed by atoms with Gasteiger partial charge in [0.05, 0.1) is 25.4 Å². The molecule has 0 bridgehead atoms. The number of hydrogen-bond acceptors (Lipinski definition) is 5. The summed E-state index contributed by atoms with van der Waals surface area (Å²) in [7, 11) is 1.37. The summed E-state index contributed by atoms with van der Waals surface area (Å²) in [6.07, 6.45) is 1.86. The normalized spacial score (nSPS) is 10.7. The number of ether oxygens (including phenoxy) is 1. The van der Waals surface area contributed by atoms with Gasteiger partial charge in [-0.25, -0.2) is 9.50 Å². The fourth-order valence-electron chi connectivity index (χ4n) is 1.17. The van der Waals surface area contributed by atoms with E-state index < -0.39 is 0 Å². The molecule has 0 fully saturated rings. The largest absolute Gasteiger partial charge is 0.469 e. The summed E-state index contributed by atoms with van der Waals surface area (Å²) in [5, 5.41) is 5.16. The minimum atomic E-state index is -0.280. The fraction of sp³-hybridized carbons (Fsp3) is 0.375. The van der Waals surface area contributed by atoms with Gasteiger partial charge in [-0.2, -0.15) is 5.10 Å². The monoisotopic (exact) mass is 211 g/mol. The van der Waals surface area contributed by atoms with E-state index in [0.29, 0.717) is 0 Å². The van der Waals surface area contributed by atoms with Crippen molar-refractivity contribution >= 4 is 22.3 Å². The third-order valence-corrected chi connectivity index (χ3v) is 2.65. The van der Waals surface area contributed by atoms with Crippen molar-refractivity contribution in [3.8, 4) is 0 Å². The van der Waals surface area contributed by atoms with Gasteiger partial charge in [0.2, 0.25) is 4.96 Å². The molecule has 0 aromatic carbocycles. The van der Waals surface area contributed by atoms with Crippen LogP contribution in [0.2, 0.25) is 0 Å². The Morgan fingerprint density at radius 2 is 2.50 bits per heavy atom. The van der Waals surface area contributed by atoms with Gasteiger partial charge in [-0.1, -0.05) is 11.3 Å². The molecule has 74 valence electrons. The number of methoxy groups -OCH3 is 1. The molecule has 0 unspecified atom stereocenters. The minimum absolute atomic E-state index is 0.209. The molecule has 2 rings (SSSR count). The second kappa shape index (κ2) is 3.38. The van der Waals surface area contributed by atoms with Crippen LogP contribution in [0.4, 0.5) is 0 Å². The van der Waals surface area contributed by atoms with E-state index in [9.17, 15) is 4.79 Å². The van der Waals surface area contributed by atoms with E-state index in [1.165, 1.54) is 18.4 Å². The Bertz CT molecular complexity index is 474. The lowest BCUT2D eigenvalue weighted by Gasteiger charge is -1.95. The summed E-state index contributed by atoms with van der Waals surface area (Å²) in [5.41, 5.74) is 0.760. The van der Waals surface area contributed by atoms with Crippen molar-refractivity contribution in [3.63, 3.8) is 0 Å². The zero-order valence-corrected chi connectivity index (χ0v) is 8.67. The third kappa shape index (κ3) is 1.48. The Hall–Kier alpha value is -1.43. The Kier molecular flexibility index (Phi) is 2.20. The van der Waals surface area contributed by atoms with Gasteiger partial charge in [-0.15, -0.1) is 0 Å². The van der Waals surface area contributed by atoms with E-state index in [1.807, 2.05) is 6.92 Å². The summed E-state index contributed by atoms with van der Waals surface area (Å²) in [6, 6.07) is 0. The van der Waals surface area contributed by atoms with E-state index in [1.54, 1.807) is 10.7 Å². The zero-order chi connectivity index (χ0) is 10.1. The molecule has 2 aromatic heterocycles. The molecule has 0 aliphatic heterocycles. The van der Waals surface area contributed by atoms with Gasteiger partial charge in [-0.3, -0.25) is 4.79 Å². The van der Waals surface area contributed by atoms with Crippen LogP contribution in [-0.2, 0) is 16.0 Å². The van der Waals surface area contributed by atoms with Crippen LogP contribution in [-0.4, -0.2) is 27.7 Å². The number of fused-ring (bicyclic) bond motifs is 1. The highest BCUT2D eigenvalue weighted by Crippen LogP contribution is 2.14. The van der Waals surface area contributed by atoms with Crippen LogP contribution >= 0.6 is 11.3 Å². The van der Waals surface area contributed by atoms with Crippen molar-refractivity contribution in [1.82, 2.24) is 14.6 Å². The zero-order valence-electron chi connectivity index (χ0n) is 7.85. The van der Waals surface area contributed by atoms with E-state index in [2.05, 4.69) is 14.8 Å². The van der Waals surface area contributed by atoms with Crippen LogP contribution in [0, 0.1) is 6.92 Å². The molecule has 0 saturated carbocycles. The fourth-order valence-corrected chi connectivity index (χ4v) is 1.91. The number of hydrogen-bond donors (Lipinski definition) is 0. The lowest BCUT2D eigenvalue weighted by molar-refractivity contribution is -0.139. The standard InChI is InChI=1S/C8H9N3O2S/c1-5-10-11-6(3-7(12)13-2)4-9-8(11)14-5/h4H,3H2,1-2H3. The number of aryl methyl sites for hydroxylation is 1. The molecule has 0 N–H and O–H groups in total. The van der Waals surface area contributed by atoms with Crippen LogP contribution in [0.3, 0.4) is 0 Å². The van der Waals surface area contributed by atoms with Crippen molar-refractivity contribution in [2.45, 2.75) is 13.3 Å². The van der Waals surface area contributed by atoms with Gasteiger partial charge in [0, 0.05) is 0 Å². The van der Waals surface area contributed by atoms with Crippen molar-refractivity contribution in [2.75, 3.05) is 7.11 Å². The molecule has 0 atom stereocenters. The summed E-state index contributed by atoms with van der Waals surface area (Å²) < 4.78 is 6.25. The maximum Gasteiger partial charge on any atom is 0.311 e. The first-order valence-electron chi connectivity index (χ1n) is 4.07. The van der Waals surface area contributed by atoms with Gasteiger partial charge in [-0.05, 0) is 6.92 Å². The molecular weight excluding hydrogens is 202 g/mol. The predicted octanol–water partition coefficient (Wildman–Crippen LogP) is 0.815. The average molecular weight is 211 g/mol. The summed E-state index contributed by atoms with van der Waals surface area (Å²) in [6.45, 7) is 1.90. The Morgan fingerprint density at radius 1 is 1.71 bits per heavy atom. The van der Waals surface area contributed by atoms with E-state index in [0.717, 1.165) is 15.7 Å². The molecule has 0 aliphatic carbocycles. The smallest absolute Gasteiger partial charge is 0.311 e. The summed E-state index contributed by atoms with van der Waals surface area (Å²) >= 11 is 1.50. The van der Waals surface area contributed by atoms with Gasteiger partial charge in [0.25, 0.3) is 0 Å². The van der Waals surface area contributed by atoms with Gasteiger partial charge in [0.1, 0.15) is 5.01 Å². The number of imidazole rings is 1. The molecule has 0 radical (unpaired) electrons. The summed E-state index contributed by atoms with van der Waals surface area (Å²) in [5.74, 6) is -0.280. The SMILES string of the molecule is COC(=O)Cc1cnc2sc(C)nn12. The first-order valence-corrected chi connectivity index (χ1v) is 4.89. The molecule has 5 nitrogen and oxygen atoms in total. The van der Waals surface area contributed by atoms with E-state index in [-0.39, 0.29) is 12.4 Å². The lowest BCUT2D eigenvalue weighted by atomic mass is 10.3. The van der Waals surface area contributed by atoms with Crippen LogP contribution in [0.25, 0.3) is 4.96 Å². The van der Waals surface area contributed by atoms with Crippen molar-refractivity contribution in [1.29, 1.82) is 0 Å². The highest BCUT2D eigenvalue weighted by Gasteiger charge is 2.11. The highest BCUT2D eigenvalue weighted by molar-refractivity contribution is 7.16. The predicted molar refractivity (Wildman–Crippen MR) is 51.3 cm³/mol. The van der Waals surface area contributed by atoms with Crippen molar-refractivity contribution in [3.05, 3.63) is 16.9 Å². The van der Waals surface area contributed by atoms with Gasteiger partial charge in [0.15, 0.2) is 0 Å². The molecule has 2 aromatic rings. The number of carbonyl (C=O) groups is 1. The maximum absolute atomic E-state index is 11.0. The highest BCUT2D eigenvalue weighted by atomic mass is 32.1. The molecule has 2 heterocycles. The Balaban J connectivity index is 2.37. The summed E-state index contributed by atoms with van der Waals surface area (Å²) in [4.78, 5) is 16.0. The molecule has 0 amide bonds. The van der Waals surface area contributed by atoms with Crippen LogP contribution in [0.1, 0.15) is 10.7 Å². The quantitative estimate of drug-likeness (QED) is 0.690. The minimum Gasteiger partial charge on any atom is -0.469 e. The van der Waals surface area contributed by atoms with Crippen LogP contribution in [0.5, 0.6) is 0 Å². The van der Waals surface area contributed by atoms with Crippen LogP contribution < -0.4 is 0 Å². The first-order chi connectivity index (χ1) is 6.70. The second-order valence-electron chi connectivity index (χ2n) is 2.82. The number of aromatic nitrogens is 3. The Labute approximate surface area is 84.3 Å². The molecule has 14 heavy (non-hydrogen) atoms. The number of esters is 1. The molecular formula is C8H9N3O2S. The number of nitrogens with zero attached hydrogens (tertiary/aromatic N) is 3. The topological polar surface area (TPSA) is 56.5 Å². The third-order valence-electron chi connectivity index (χ3n) is 1.81. The van der Waals surface area contributed by atoms with Gasteiger partial charge >= 0.3 is 5.97 Å². The van der Waals surface area contributed by atoms with Gasteiger partial charge < -0.3 is 4.74 Å². The molecule has 0 spiro atoms. The maximum atomic E-state index is 11.0. The molecule has 6 heteroatoms. The Morgan fingerprint density at radius 3 is 3.21 bits per heavy atom. The van der Waals surface area contributed by atoms with Crippen LogP contribution in [0.15, 0.2) is 6.20 Å².